The first kappa shape index (κ1) is 15.1. The molecule has 1 aromatic carbocycles. The van der Waals surface area contributed by atoms with Crippen LogP contribution in [-0.4, -0.2) is 28.8 Å². The number of rotatable bonds is 4. The van der Waals surface area contributed by atoms with Crippen LogP contribution in [0.25, 0.3) is 0 Å². The standard InChI is InChI=1S/C14H14ClN3O3/c1-3-18-8-11(12(17-18)14(20)21-2)16-13(19)9-6-4-5-7-10(9)15/h4-8H,3H2,1-2H3,(H,16,19). The summed E-state index contributed by atoms with van der Waals surface area (Å²) < 4.78 is 6.19. The molecule has 6 nitrogen and oxygen atoms in total. The average Bonchev–Trinajstić information content (AvgIpc) is 2.89. The maximum Gasteiger partial charge on any atom is 0.360 e. The van der Waals surface area contributed by atoms with Gasteiger partial charge in [-0.05, 0) is 19.1 Å². The van der Waals surface area contributed by atoms with E-state index in [2.05, 4.69) is 15.2 Å². The molecule has 1 N–H and O–H groups in total. The number of esters is 1. The first-order valence-electron chi connectivity index (χ1n) is 6.28. The summed E-state index contributed by atoms with van der Waals surface area (Å²) in [6.45, 7) is 2.43. The fraction of sp³-hybridized carbons (Fsp3) is 0.214. The fourth-order valence-electron chi connectivity index (χ4n) is 1.76. The molecule has 0 radical (unpaired) electrons. The molecule has 110 valence electrons. The number of nitrogens with one attached hydrogen (secondary N) is 1. The zero-order valence-corrected chi connectivity index (χ0v) is 12.3. The fourth-order valence-corrected chi connectivity index (χ4v) is 1.98. The molecular weight excluding hydrogens is 294 g/mol. The first-order valence-corrected chi connectivity index (χ1v) is 6.66. The van der Waals surface area contributed by atoms with Crippen molar-refractivity contribution in [1.29, 1.82) is 0 Å². The minimum absolute atomic E-state index is 0.0553. The van der Waals surface area contributed by atoms with Gasteiger partial charge in [0, 0.05) is 12.7 Å². The lowest BCUT2D eigenvalue weighted by Crippen LogP contribution is -2.15. The van der Waals surface area contributed by atoms with Crippen molar-refractivity contribution in [3.05, 3.63) is 46.7 Å². The summed E-state index contributed by atoms with van der Waals surface area (Å²) in [5, 5.41) is 7.02. The molecule has 0 saturated heterocycles. The molecular formula is C14H14ClN3O3. The Morgan fingerprint density at radius 1 is 1.38 bits per heavy atom. The van der Waals surface area contributed by atoms with Crippen LogP contribution in [0.4, 0.5) is 5.69 Å². The highest BCUT2D eigenvalue weighted by Crippen LogP contribution is 2.19. The van der Waals surface area contributed by atoms with Crippen LogP contribution in [0.2, 0.25) is 5.02 Å². The van der Waals surface area contributed by atoms with Crippen LogP contribution < -0.4 is 5.32 Å². The van der Waals surface area contributed by atoms with Crippen molar-refractivity contribution in [2.24, 2.45) is 0 Å². The number of halogens is 1. The maximum absolute atomic E-state index is 12.2. The van der Waals surface area contributed by atoms with Gasteiger partial charge in [0.25, 0.3) is 5.91 Å². The number of aryl methyl sites for hydroxylation is 1. The number of carbonyl (C=O) groups is 2. The molecule has 1 aromatic heterocycles. The molecule has 0 unspecified atom stereocenters. The van der Waals surface area contributed by atoms with E-state index in [-0.39, 0.29) is 11.4 Å². The molecule has 1 heterocycles. The highest BCUT2D eigenvalue weighted by atomic mass is 35.5. The second-order valence-corrected chi connectivity index (χ2v) is 4.58. The highest BCUT2D eigenvalue weighted by molar-refractivity contribution is 6.34. The summed E-state index contributed by atoms with van der Waals surface area (Å²) in [7, 11) is 1.26. The van der Waals surface area contributed by atoms with Crippen molar-refractivity contribution in [2.75, 3.05) is 12.4 Å². The Kier molecular flexibility index (Phi) is 4.59. The van der Waals surface area contributed by atoms with Gasteiger partial charge in [0.15, 0.2) is 5.69 Å². The van der Waals surface area contributed by atoms with E-state index >= 15 is 0 Å². The van der Waals surface area contributed by atoms with E-state index < -0.39 is 11.9 Å². The van der Waals surface area contributed by atoms with E-state index in [0.29, 0.717) is 17.1 Å². The third kappa shape index (κ3) is 3.22. The number of aromatic nitrogens is 2. The molecule has 0 aliphatic rings. The van der Waals surface area contributed by atoms with E-state index in [4.69, 9.17) is 11.6 Å². The van der Waals surface area contributed by atoms with Crippen molar-refractivity contribution in [3.8, 4) is 0 Å². The number of ether oxygens (including phenoxy) is 1. The number of nitrogens with zero attached hydrogens (tertiary/aromatic N) is 2. The van der Waals surface area contributed by atoms with Gasteiger partial charge in [0.2, 0.25) is 0 Å². The van der Waals surface area contributed by atoms with Crippen molar-refractivity contribution in [1.82, 2.24) is 9.78 Å². The normalized spacial score (nSPS) is 10.2. The molecule has 2 rings (SSSR count). The smallest absolute Gasteiger partial charge is 0.360 e. The highest BCUT2D eigenvalue weighted by Gasteiger charge is 2.20. The number of methoxy groups -OCH3 is 1. The molecule has 2 aromatic rings. The number of amides is 1. The van der Waals surface area contributed by atoms with Gasteiger partial charge in [-0.3, -0.25) is 9.48 Å². The van der Waals surface area contributed by atoms with E-state index in [1.54, 1.807) is 30.5 Å². The van der Waals surface area contributed by atoms with Crippen molar-refractivity contribution >= 4 is 29.2 Å². The summed E-state index contributed by atoms with van der Waals surface area (Å²) >= 11 is 5.97. The zero-order valence-electron chi connectivity index (χ0n) is 11.6. The van der Waals surface area contributed by atoms with Crippen LogP contribution >= 0.6 is 11.6 Å². The van der Waals surface area contributed by atoms with Crippen molar-refractivity contribution in [2.45, 2.75) is 13.5 Å². The molecule has 0 atom stereocenters. The summed E-state index contributed by atoms with van der Waals surface area (Å²) in [5.74, 6) is -1.03. The van der Waals surface area contributed by atoms with Gasteiger partial charge < -0.3 is 10.1 Å². The molecule has 21 heavy (non-hydrogen) atoms. The summed E-state index contributed by atoms with van der Waals surface area (Å²) in [4.78, 5) is 23.9. The van der Waals surface area contributed by atoms with Crippen LogP contribution in [-0.2, 0) is 11.3 Å². The summed E-state index contributed by atoms with van der Waals surface area (Å²) in [5.41, 5.74) is 0.660. The number of hydrogen-bond acceptors (Lipinski definition) is 4. The lowest BCUT2D eigenvalue weighted by Gasteiger charge is -2.05. The number of anilines is 1. The lowest BCUT2D eigenvalue weighted by atomic mass is 10.2. The van der Waals surface area contributed by atoms with Gasteiger partial charge in [-0.2, -0.15) is 5.10 Å². The predicted octanol–water partition coefficient (Wildman–Crippen LogP) is 2.60. The van der Waals surface area contributed by atoms with Crippen LogP contribution in [0.3, 0.4) is 0 Å². The number of carbonyl (C=O) groups excluding carboxylic acids is 2. The van der Waals surface area contributed by atoms with E-state index in [1.807, 2.05) is 6.92 Å². The monoisotopic (exact) mass is 307 g/mol. The van der Waals surface area contributed by atoms with Gasteiger partial charge in [0.1, 0.15) is 0 Å². The largest absolute Gasteiger partial charge is 0.464 e. The van der Waals surface area contributed by atoms with Gasteiger partial charge in [-0.25, -0.2) is 4.79 Å². The Bertz CT molecular complexity index is 682. The molecule has 1 amide bonds. The maximum atomic E-state index is 12.2. The molecule has 0 spiro atoms. The van der Waals surface area contributed by atoms with E-state index in [1.165, 1.54) is 11.8 Å². The second kappa shape index (κ2) is 6.41. The zero-order chi connectivity index (χ0) is 15.4. The Morgan fingerprint density at radius 3 is 2.71 bits per heavy atom. The van der Waals surface area contributed by atoms with Crippen molar-refractivity contribution in [3.63, 3.8) is 0 Å². The molecule has 0 aliphatic heterocycles. The molecule has 0 bridgehead atoms. The molecule has 0 saturated carbocycles. The lowest BCUT2D eigenvalue weighted by molar-refractivity contribution is 0.0594. The topological polar surface area (TPSA) is 73.2 Å². The number of benzene rings is 1. The van der Waals surface area contributed by atoms with Gasteiger partial charge in [-0.15, -0.1) is 0 Å². The first-order chi connectivity index (χ1) is 10.1. The predicted molar refractivity (Wildman–Crippen MR) is 78.6 cm³/mol. The third-order valence-electron chi connectivity index (χ3n) is 2.83. The Morgan fingerprint density at radius 2 is 2.10 bits per heavy atom. The minimum Gasteiger partial charge on any atom is -0.464 e. The van der Waals surface area contributed by atoms with Crippen LogP contribution in [0.15, 0.2) is 30.5 Å². The van der Waals surface area contributed by atoms with Gasteiger partial charge >= 0.3 is 5.97 Å². The van der Waals surface area contributed by atoms with Gasteiger partial charge in [0.05, 0.1) is 23.4 Å². The molecule has 0 aliphatic carbocycles. The van der Waals surface area contributed by atoms with Crippen molar-refractivity contribution < 1.29 is 14.3 Å². The van der Waals surface area contributed by atoms with Crippen LogP contribution in [0.5, 0.6) is 0 Å². The van der Waals surface area contributed by atoms with Gasteiger partial charge in [-0.1, -0.05) is 23.7 Å². The Labute approximate surface area is 126 Å². The SMILES string of the molecule is CCn1cc(NC(=O)c2ccccc2Cl)c(C(=O)OC)n1. The minimum atomic E-state index is -0.614. The third-order valence-corrected chi connectivity index (χ3v) is 3.16. The van der Waals surface area contributed by atoms with Crippen LogP contribution in [0.1, 0.15) is 27.8 Å². The molecule has 7 heteroatoms. The Hall–Kier alpha value is -2.34. The molecule has 0 fully saturated rings. The average molecular weight is 308 g/mol. The van der Waals surface area contributed by atoms with E-state index in [9.17, 15) is 9.59 Å². The Balaban J connectivity index is 2.31. The summed E-state index contributed by atoms with van der Waals surface area (Å²) in [6.07, 6.45) is 1.57. The summed E-state index contributed by atoms with van der Waals surface area (Å²) in [6, 6.07) is 6.65. The quantitative estimate of drug-likeness (QED) is 0.881. The van der Waals surface area contributed by atoms with E-state index in [0.717, 1.165) is 0 Å². The van der Waals surface area contributed by atoms with Crippen LogP contribution in [0, 0.1) is 0 Å². The second-order valence-electron chi connectivity index (χ2n) is 4.17. The number of hydrogen-bond donors (Lipinski definition) is 1.